The molecule has 3 aromatic carbocycles. The summed E-state index contributed by atoms with van der Waals surface area (Å²) in [6, 6.07) is 26.3. The molecular formula is C29H34ClN3O3. The zero-order valence-corrected chi connectivity index (χ0v) is 21.3. The Hall–Kier alpha value is -3.32. The molecule has 1 heterocycles. The van der Waals surface area contributed by atoms with E-state index in [0.29, 0.717) is 26.1 Å². The van der Waals surface area contributed by atoms with Gasteiger partial charge in [0.05, 0.1) is 6.42 Å². The molecule has 0 spiro atoms. The van der Waals surface area contributed by atoms with Crippen molar-refractivity contribution in [1.82, 2.24) is 15.6 Å². The molecule has 0 aliphatic heterocycles. The van der Waals surface area contributed by atoms with Gasteiger partial charge in [-0.1, -0.05) is 66.7 Å². The average Bonchev–Trinajstić information content (AvgIpc) is 3.28. The molecule has 0 aliphatic carbocycles. The molecule has 1 aromatic heterocycles. The molecule has 36 heavy (non-hydrogen) atoms. The maximum atomic E-state index is 11.5. The topological polar surface area (TPSA) is 86.4 Å². The summed E-state index contributed by atoms with van der Waals surface area (Å²) in [5.74, 6) is 0.0700. The van der Waals surface area contributed by atoms with E-state index < -0.39 is 5.97 Å². The molecule has 0 bridgehead atoms. The Morgan fingerprint density at radius 2 is 1.64 bits per heavy atom. The number of carbonyl (C=O) groups is 1. The normalized spacial score (nSPS) is 12.6. The minimum Gasteiger partial charge on any atom is -0.489 e. The highest BCUT2D eigenvalue weighted by Gasteiger charge is 2.16. The number of carboxylic acid groups (broad SMARTS) is 1. The maximum Gasteiger partial charge on any atom is 0.304 e. The molecular weight excluding hydrogens is 474 g/mol. The molecule has 4 rings (SSSR count). The van der Waals surface area contributed by atoms with Crippen LogP contribution < -0.4 is 15.4 Å². The fourth-order valence-electron chi connectivity index (χ4n) is 4.37. The molecule has 4 N–H and O–H groups in total. The van der Waals surface area contributed by atoms with Gasteiger partial charge in [0.25, 0.3) is 0 Å². The zero-order chi connectivity index (χ0) is 24.5. The molecule has 0 saturated heterocycles. The van der Waals surface area contributed by atoms with Crippen molar-refractivity contribution in [3.8, 4) is 5.75 Å². The van der Waals surface area contributed by atoms with Crippen LogP contribution in [0.4, 0.5) is 0 Å². The smallest absolute Gasteiger partial charge is 0.304 e. The number of benzene rings is 3. The molecule has 0 aliphatic rings. The predicted octanol–water partition coefficient (Wildman–Crippen LogP) is 5.49. The number of nitrogens with one attached hydrogen (secondary N) is 3. The van der Waals surface area contributed by atoms with Crippen LogP contribution in [-0.4, -0.2) is 35.2 Å². The lowest BCUT2D eigenvalue weighted by Gasteiger charge is -2.20. The van der Waals surface area contributed by atoms with Crippen LogP contribution in [0.1, 0.15) is 36.1 Å². The number of aromatic nitrogens is 1. The molecule has 190 valence electrons. The van der Waals surface area contributed by atoms with Crippen molar-refractivity contribution in [2.75, 3.05) is 13.1 Å². The van der Waals surface area contributed by atoms with Gasteiger partial charge in [0.15, 0.2) is 0 Å². The molecule has 0 radical (unpaired) electrons. The Bertz CT molecular complexity index is 1230. The summed E-state index contributed by atoms with van der Waals surface area (Å²) in [4.78, 5) is 14.7. The van der Waals surface area contributed by atoms with Crippen LogP contribution in [0, 0.1) is 0 Å². The average molecular weight is 508 g/mol. The Labute approximate surface area is 218 Å². The van der Waals surface area contributed by atoms with Crippen LogP contribution >= 0.6 is 12.4 Å². The van der Waals surface area contributed by atoms with Crippen LogP contribution in [0.25, 0.3) is 10.9 Å². The summed E-state index contributed by atoms with van der Waals surface area (Å²) in [6.07, 6.45) is 2.71. The van der Waals surface area contributed by atoms with Gasteiger partial charge in [0.1, 0.15) is 12.4 Å². The number of hydrogen-bond donors (Lipinski definition) is 4. The summed E-state index contributed by atoms with van der Waals surface area (Å²) in [6.45, 7) is 4.01. The largest absolute Gasteiger partial charge is 0.489 e. The number of rotatable bonds is 13. The van der Waals surface area contributed by atoms with Crippen molar-refractivity contribution in [1.29, 1.82) is 0 Å². The number of H-pyrrole nitrogens is 1. The third-order valence-electron chi connectivity index (χ3n) is 6.19. The molecule has 7 heteroatoms. The first-order chi connectivity index (χ1) is 17.1. The quantitative estimate of drug-likeness (QED) is 0.180. The van der Waals surface area contributed by atoms with Crippen LogP contribution in [0.2, 0.25) is 0 Å². The van der Waals surface area contributed by atoms with E-state index in [-0.39, 0.29) is 30.9 Å². The van der Waals surface area contributed by atoms with Crippen molar-refractivity contribution in [2.24, 2.45) is 0 Å². The van der Waals surface area contributed by atoms with Gasteiger partial charge in [-0.05, 0) is 36.6 Å². The van der Waals surface area contributed by atoms with Gasteiger partial charge in [0, 0.05) is 47.8 Å². The van der Waals surface area contributed by atoms with Crippen LogP contribution in [0.5, 0.6) is 5.75 Å². The molecule has 0 fully saturated rings. The first-order valence-electron chi connectivity index (χ1n) is 12.1. The van der Waals surface area contributed by atoms with E-state index in [4.69, 9.17) is 4.74 Å². The highest BCUT2D eigenvalue weighted by molar-refractivity contribution is 5.85. The lowest BCUT2D eigenvalue weighted by atomic mass is 10.0. The van der Waals surface area contributed by atoms with E-state index in [0.717, 1.165) is 33.3 Å². The van der Waals surface area contributed by atoms with Crippen LogP contribution in [0.15, 0.2) is 85.1 Å². The summed E-state index contributed by atoms with van der Waals surface area (Å²) >= 11 is 0. The number of carboxylic acids is 1. The van der Waals surface area contributed by atoms with Gasteiger partial charge in [-0.2, -0.15) is 0 Å². The monoisotopic (exact) mass is 507 g/mol. The summed E-state index contributed by atoms with van der Waals surface area (Å²) < 4.78 is 6.10. The van der Waals surface area contributed by atoms with Crippen molar-refractivity contribution in [3.63, 3.8) is 0 Å². The summed E-state index contributed by atoms with van der Waals surface area (Å²) in [5.41, 5.74) is 4.43. The number of aliphatic carboxylic acids is 1. The van der Waals surface area contributed by atoms with Crippen LogP contribution in [0.3, 0.4) is 0 Å². The van der Waals surface area contributed by atoms with Gasteiger partial charge in [-0.3, -0.25) is 4.79 Å². The molecule has 1 unspecified atom stereocenters. The Morgan fingerprint density at radius 1 is 0.944 bits per heavy atom. The van der Waals surface area contributed by atoms with E-state index in [1.807, 2.05) is 60.8 Å². The van der Waals surface area contributed by atoms with Crippen LogP contribution in [-0.2, 0) is 17.8 Å². The van der Waals surface area contributed by atoms with Crippen molar-refractivity contribution < 1.29 is 14.6 Å². The van der Waals surface area contributed by atoms with Gasteiger partial charge in [-0.15, -0.1) is 12.4 Å². The van der Waals surface area contributed by atoms with E-state index in [1.54, 1.807) is 0 Å². The van der Waals surface area contributed by atoms with Crippen molar-refractivity contribution in [3.05, 3.63) is 102 Å². The maximum absolute atomic E-state index is 11.5. The number of fused-ring (bicyclic) bond motifs is 1. The molecule has 0 saturated carbocycles. The Kier molecular flexibility index (Phi) is 10.4. The SMILES string of the molecule is CC(NCCN[C@H](CC(=O)O)Cc1c[nH]c2ccccc12)c1ccccc1OCc1ccccc1.Cl. The van der Waals surface area contributed by atoms with Gasteiger partial charge in [0.2, 0.25) is 0 Å². The second-order valence-electron chi connectivity index (χ2n) is 8.80. The lowest BCUT2D eigenvalue weighted by molar-refractivity contribution is -0.137. The first kappa shape index (κ1) is 27.3. The Balaban J connectivity index is 0.00000361. The second kappa shape index (κ2) is 13.7. The second-order valence-corrected chi connectivity index (χ2v) is 8.80. The zero-order valence-electron chi connectivity index (χ0n) is 20.4. The number of hydrogen-bond acceptors (Lipinski definition) is 4. The molecule has 0 amide bonds. The summed E-state index contributed by atoms with van der Waals surface area (Å²) in [5, 5.41) is 17.5. The third-order valence-corrected chi connectivity index (χ3v) is 6.19. The fourth-order valence-corrected chi connectivity index (χ4v) is 4.37. The molecule has 2 atom stereocenters. The fraction of sp³-hybridized carbons (Fsp3) is 0.276. The van der Waals surface area contributed by atoms with Gasteiger partial charge < -0.3 is 25.5 Å². The number of halogens is 1. The van der Waals surface area contributed by atoms with Crippen molar-refractivity contribution >= 4 is 29.3 Å². The van der Waals surface area contributed by atoms with E-state index in [2.05, 4.69) is 46.8 Å². The van der Waals surface area contributed by atoms with E-state index in [1.165, 1.54) is 0 Å². The standard InChI is InChI=1S/C29H33N3O3.ClH/c1-21(25-11-6-8-14-28(25)35-20-22-9-3-2-4-10-22)30-15-16-31-24(18-29(33)34)17-23-19-32-27-13-7-5-12-26(23)27;/h2-14,19,21,24,30-32H,15-18,20H2,1H3,(H,33,34);1H/t21?,24-;/m0./s1. The lowest BCUT2D eigenvalue weighted by Crippen LogP contribution is -2.38. The Morgan fingerprint density at radius 3 is 2.44 bits per heavy atom. The highest BCUT2D eigenvalue weighted by atomic mass is 35.5. The van der Waals surface area contributed by atoms with E-state index >= 15 is 0 Å². The number of ether oxygens (including phenoxy) is 1. The third kappa shape index (κ3) is 7.59. The van der Waals surface area contributed by atoms with Gasteiger partial charge >= 0.3 is 5.97 Å². The van der Waals surface area contributed by atoms with Crippen molar-refractivity contribution in [2.45, 2.75) is 38.5 Å². The van der Waals surface area contributed by atoms with E-state index in [9.17, 15) is 9.90 Å². The summed E-state index contributed by atoms with van der Waals surface area (Å²) in [7, 11) is 0. The minimum absolute atomic E-state index is 0. The minimum atomic E-state index is -0.798. The van der Waals surface area contributed by atoms with Gasteiger partial charge in [-0.25, -0.2) is 0 Å². The predicted molar refractivity (Wildman–Crippen MR) is 147 cm³/mol. The highest BCUT2D eigenvalue weighted by Crippen LogP contribution is 2.25. The molecule has 6 nitrogen and oxygen atoms in total. The molecule has 4 aromatic rings. The number of aromatic amines is 1. The first-order valence-corrected chi connectivity index (χ1v) is 12.1. The number of para-hydroxylation sites is 2.